The Bertz CT molecular complexity index is 1110. The molecule has 1 aromatic carbocycles. The van der Waals surface area contributed by atoms with Crippen LogP contribution in [0.25, 0.3) is 27.9 Å². The number of amides is 1. The fourth-order valence-electron chi connectivity index (χ4n) is 5.83. The highest BCUT2D eigenvalue weighted by Gasteiger charge is 2.50. The van der Waals surface area contributed by atoms with Crippen LogP contribution in [0.3, 0.4) is 0 Å². The van der Waals surface area contributed by atoms with Crippen molar-refractivity contribution in [1.82, 2.24) is 14.9 Å². The van der Waals surface area contributed by atoms with Gasteiger partial charge in [0.05, 0.1) is 17.4 Å². The molecule has 3 aromatic rings. The van der Waals surface area contributed by atoms with Gasteiger partial charge in [-0.15, -0.1) is 0 Å². The van der Waals surface area contributed by atoms with Crippen LogP contribution in [0.1, 0.15) is 45.7 Å². The van der Waals surface area contributed by atoms with E-state index in [1.807, 2.05) is 24.4 Å². The molecule has 2 aliphatic rings. The Hall–Kier alpha value is -2.62. The lowest BCUT2D eigenvalue weighted by atomic mass is 9.65. The van der Waals surface area contributed by atoms with Crippen LogP contribution in [-0.4, -0.2) is 33.4 Å². The number of H-pyrrole nitrogens is 1. The molecule has 1 aliphatic heterocycles. The molecule has 2 aromatic heterocycles. The second-order valence-corrected chi connectivity index (χ2v) is 9.84. The lowest BCUT2D eigenvalue weighted by molar-refractivity contribution is -0.127. The molecule has 2 unspecified atom stereocenters. The molecule has 1 amide bonds. The normalized spacial score (nSPS) is 26.5. The lowest BCUT2D eigenvalue weighted by Crippen LogP contribution is -2.36. The molecule has 4 nitrogen and oxygen atoms in total. The van der Waals surface area contributed by atoms with E-state index in [-0.39, 0.29) is 11.3 Å². The largest absolute Gasteiger partial charge is 0.353 e. The van der Waals surface area contributed by atoms with E-state index in [0.29, 0.717) is 11.5 Å². The molecular formula is C24H27N3O. The number of benzene rings is 1. The van der Waals surface area contributed by atoms with E-state index in [0.717, 1.165) is 41.5 Å². The average Bonchev–Trinajstić information content (AvgIpc) is 3.12. The van der Waals surface area contributed by atoms with Crippen LogP contribution in [0.5, 0.6) is 0 Å². The molecule has 1 N–H and O–H groups in total. The van der Waals surface area contributed by atoms with Gasteiger partial charge in [-0.2, -0.15) is 0 Å². The maximum absolute atomic E-state index is 12.9. The van der Waals surface area contributed by atoms with Gasteiger partial charge in [0.1, 0.15) is 0 Å². The van der Waals surface area contributed by atoms with Crippen molar-refractivity contribution in [3.63, 3.8) is 0 Å². The molecule has 2 atom stereocenters. The van der Waals surface area contributed by atoms with Crippen molar-refractivity contribution in [2.75, 3.05) is 6.54 Å². The Kier molecular flexibility index (Phi) is 3.71. The van der Waals surface area contributed by atoms with Gasteiger partial charge in [-0.1, -0.05) is 39.0 Å². The molecule has 2 fully saturated rings. The summed E-state index contributed by atoms with van der Waals surface area (Å²) in [4.78, 5) is 22.9. The molecule has 3 heterocycles. The third kappa shape index (κ3) is 2.92. The van der Waals surface area contributed by atoms with E-state index in [4.69, 9.17) is 0 Å². The number of pyridine rings is 1. The number of hydrogen-bond acceptors (Lipinski definition) is 2. The zero-order valence-electron chi connectivity index (χ0n) is 16.8. The zero-order valence-corrected chi connectivity index (χ0v) is 16.8. The highest BCUT2D eigenvalue weighted by atomic mass is 16.2. The van der Waals surface area contributed by atoms with E-state index >= 15 is 0 Å². The first-order valence-electron chi connectivity index (χ1n) is 10.2. The number of hydrogen-bond donors (Lipinski definition) is 1. The van der Waals surface area contributed by atoms with Gasteiger partial charge < -0.3 is 9.88 Å². The molecule has 144 valence electrons. The van der Waals surface area contributed by atoms with Crippen LogP contribution in [0.4, 0.5) is 0 Å². The number of fused-ring (bicyclic) bond motifs is 5. The molecule has 1 aliphatic carbocycles. The molecule has 1 saturated carbocycles. The highest BCUT2D eigenvalue weighted by Crippen LogP contribution is 2.52. The summed E-state index contributed by atoms with van der Waals surface area (Å²) in [5.74, 6) is 0.118. The number of rotatable bonds is 2. The second-order valence-electron chi connectivity index (χ2n) is 9.84. The summed E-state index contributed by atoms with van der Waals surface area (Å²) >= 11 is 0. The Morgan fingerprint density at radius 3 is 2.86 bits per heavy atom. The van der Waals surface area contributed by atoms with Crippen molar-refractivity contribution < 1.29 is 4.79 Å². The molecule has 0 radical (unpaired) electrons. The summed E-state index contributed by atoms with van der Waals surface area (Å²) in [7, 11) is 0. The Labute approximate surface area is 165 Å². The van der Waals surface area contributed by atoms with Gasteiger partial charge in [0, 0.05) is 35.0 Å². The molecule has 5 rings (SSSR count). The monoisotopic (exact) mass is 373 g/mol. The quantitative estimate of drug-likeness (QED) is 0.631. The number of carbonyl (C=O) groups excluding carboxylic acids is 1. The Balaban J connectivity index is 1.40. The zero-order chi connectivity index (χ0) is 19.5. The lowest BCUT2D eigenvalue weighted by Gasteiger charge is -2.39. The van der Waals surface area contributed by atoms with Gasteiger partial charge in [0.25, 0.3) is 0 Å². The summed E-state index contributed by atoms with van der Waals surface area (Å²) in [5, 5.41) is 2.33. The van der Waals surface area contributed by atoms with Crippen LogP contribution in [-0.2, 0) is 4.79 Å². The van der Waals surface area contributed by atoms with Crippen molar-refractivity contribution in [1.29, 1.82) is 0 Å². The Morgan fingerprint density at radius 1 is 1.18 bits per heavy atom. The summed E-state index contributed by atoms with van der Waals surface area (Å²) in [6.45, 7) is 7.88. The molecular weight excluding hydrogens is 346 g/mol. The van der Waals surface area contributed by atoms with Crippen LogP contribution in [0.15, 0.2) is 42.6 Å². The van der Waals surface area contributed by atoms with Crippen molar-refractivity contribution >= 4 is 33.8 Å². The van der Waals surface area contributed by atoms with Gasteiger partial charge in [0.15, 0.2) is 0 Å². The van der Waals surface area contributed by atoms with E-state index < -0.39 is 0 Å². The minimum atomic E-state index is 0.118. The summed E-state index contributed by atoms with van der Waals surface area (Å²) < 4.78 is 0. The predicted molar refractivity (Wildman–Crippen MR) is 114 cm³/mol. The van der Waals surface area contributed by atoms with E-state index in [9.17, 15) is 4.79 Å². The maximum atomic E-state index is 12.9. The smallest absolute Gasteiger partial charge is 0.246 e. The van der Waals surface area contributed by atoms with E-state index in [2.05, 4.69) is 53.8 Å². The summed E-state index contributed by atoms with van der Waals surface area (Å²) in [6.07, 6.45) is 8.85. The van der Waals surface area contributed by atoms with Gasteiger partial charge in [-0.25, -0.2) is 0 Å². The first-order valence-corrected chi connectivity index (χ1v) is 10.2. The van der Waals surface area contributed by atoms with Crippen molar-refractivity contribution in [3.05, 3.63) is 48.3 Å². The van der Waals surface area contributed by atoms with E-state index in [1.54, 1.807) is 6.08 Å². The number of aromatic amines is 1. The van der Waals surface area contributed by atoms with Crippen LogP contribution in [0.2, 0.25) is 0 Å². The predicted octanol–water partition coefficient (Wildman–Crippen LogP) is 5.16. The highest BCUT2D eigenvalue weighted by molar-refractivity contribution is 6.07. The van der Waals surface area contributed by atoms with Crippen molar-refractivity contribution in [2.24, 2.45) is 10.8 Å². The number of aromatic nitrogens is 2. The number of nitrogens with one attached hydrogen (secondary N) is 1. The minimum absolute atomic E-state index is 0.118. The average molecular weight is 374 g/mol. The third-order valence-electron chi connectivity index (χ3n) is 6.51. The number of para-hydroxylation sites is 1. The molecule has 1 saturated heterocycles. The van der Waals surface area contributed by atoms with Gasteiger partial charge in [-0.05, 0) is 48.3 Å². The molecule has 2 bridgehead atoms. The topological polar surface area (TPSA) is 49.0 Å². The Morgan fingerprint density at radius 2 is 2.00 bits per heavy atom. The standard InChI is InChI=1S/C24H27N3O/c1-23(2)11-17-12-24(3,14-23)15-27(17)22(28)9-8-16-10-19-18-6-4-5-7-20(18)26-21(19)13-25-16/h4-10,13,17,26H,11-12,14-15H2,1-3H3/b9-8+. The van der Waals surface area contributed by atoms with Crippen LogP contribution >= 0.6 is 0 Å². The fraction of sp³-hybridized carbons (Fsp3) is 0.417. The molecule has 4 heteroatoms. The van der Waals surface area contributed by atoms with Crippen molar-refractivity contribution in [2.45, 2.75) is 46.1 Å². The van der Waals surface area contributed by atoms with E-state index in [1.165, 1.54) is 11.8 Å². The molecule has 28 heavy (non-hydrogen) atoms. The maximum Gasteiger partial charge on any atom is 0.246 e. The van der Waals surface area contributed by atoms with Crippen LogP contribution in [0, 0.1) is 10.8 Å². The number of nitrogens with zero attached hydrogens (tertiary/aromatic N) is 2. The first-order chi connectivity index (χ1) is 13.3. The van der Waals surface area contributed by atoms with Crippen LogP contribution < -0.4 is 0 Å². The van der Waals surface area contributed by atoms with Gasteiger partial charge in [0.2, 0.25) is 5.91 Å². The van der Waals surface area contributed by atoms with Crippen molar-refractivity contribution in [3.8, 4) is 0 Å². The number of likely N-dealkylation sites (tertiary alicyclic amines) is 1. The fourth-order valence-corrected chi connectivity index (χ4v) is 5.83. The SMILES string of the molecule is CC1(C)CC2CC(C)(CN2C(=O)/C=C/c2cc3c(cn2)[nH]c2ccccc23)C1. The summed E-state index contributed by atoms with van der Waals surface area (Å²) in [6, 6.07) is 10.7. The second kappa shape index (κ2) is 5.94. The summed E-state index contributed by atoms with van der Waals surface area (Å²) in [5.41, 5.74) is 3.53. The number of carbonyl (C=O) groups is 1. The van der Waals surface area contributed by atoms with Gasteiger partial charge in [-0.3, -0.25) is 9.78 Å². The first kappa shape index (κ1) is 17.5. The minimum Gasteiger partial charge on any atom is -0.353 e. The third-order valence-corrected chi connectivity index (χ3v) is 6.51. The molecule has 0 spiro atoms. The van der Waals surface area contributed by atoms with Gasteiger partial charge >= 0.3 is 0 Å².